The van der Waals surface area contributed by atoms with Crippen LogP contribution in [0.1, 0.15) is 393 Å². The summed E-state index contributed by atoms with van der Waals surface area (Å²) in [7, 11) is 0. The van der Waals surface area contributed by atoms with Gasteiger partial charge in [-0.2, -0.15) is 0 Å². The fourth-order valence-corrected chi connectivity index (χ4v) is 26.6. The van der Waals surface area contributed by atoms with Crippen molar-refractivity contribution in [3.05, 3.63) is 136 Å². The van der Waals surface area contributed by atoms with Gasteiger partial charge in [-0.15, -0.1) is 79.4 Å². The molecule has 4 amide bonds. The van der Waals surface area contributed by atoms with Crippen molar-refractivity contribution >= 4 is 126 Å². The van der Waals surface area contributed by atoms with Crippen LogP contribution in [0.4, 0.5) is 0 Å². The molecule has 0 radical (unpaired) electrons. The average Bonchev–Trinajstić information content (AvgIpc) is 1.56. The molecule has 11 heterocycles. The summed E-state index contributed by atoms with van der Waals surface area (Å²) < 4.78 is 0. The zero-order valence-electron chi connectivity index (χ0n) is 76.4. The maximum Gasteiger partial charge on any atom is 0.261 e. The summed E-state index contributed by atoms with van der Waals surface area (Å²) in [6.45, 7) is 25.2. The Bertz CT molecular complexity index is 4450. The maximum atomic E-state index is 16.6. The van der Waals surface area contributed by atoms with E-state index < -0.39 is 0 Å². The van der Waals surface area contributed by atoms with E-state index in [4.69, 9.17) is 0 Å². The number of hydrogen-bond donors (Lipinski definition) is 0. The molecule has 0 saturated carbocycles. The number of unbranched alkanes of at least 4 members (excludes halogenated alkanes) is 32. The van der Waals surface area contributed by atoms with E-state index in [2.05, 4.69) is 174 Å². The molecule has 4 aliphatic rings. The fourth-order valence-electron chi connectivity index (χ4n) is 19.3. The SMILES string of the molecule is CCCCCCCCC(CCCCCC)CN1C(=O)C2=C(c3ccc(-c4ccc(-c5ccc(C6=C7C(=O)N(CC(CCCCCC)CCCCCCCC)C(c8ccc(-c9ccc(-c%10ccc(C)s%10)s9)s8)=C7C(=O)N6CC(CCCCCC)CCCCCCCC)s5)s4)s3)N(CC(CCCCCC)CCCCCCCC)C(=O)C2=C1c1ccc(C)s1. The van der Waals surface area contributed by atoms with Crippen LogP contribution in [0, 0.1) is 37.5 Å². The lowest BCUT2D eigenvalue weighted by atomic mass is 9.93. The number of rotatable bonds is 64. The number of nitrogens with zero attached hydrogens (tertiary/aromatic N) is 4. The van der Waals surface area contributed by atoms with Gasteiger partial charge in [0.15, 0.2) is 0 Å². The van der Waals surface area contributed by atoms with Crippen molar-refractivity contribution in [1.82, 2.24) is 19.6 Å². The smallest absolute Gasteiger partial charge is 0.261 e. The van der Waals surface area contributed by atoms with Gasteiger partial charge in [0.2, 0.25) is 0 Å². The van der Waals surface area contributed by atoms with E-state index in [9.17, 15) is 0 Å². The lowest BCUT2D eigenvalue weighted by molar-refractivity contribution is -0.124. The van der Waals surface area contributed by atoms with E-state index in [-0.39, 0.29) is 23.6 Å². The first-order valence-corrected chi connectivity index (χ1v) is 54.9. The Morgan fingerprint density at radius 3 is 0.545 bits per heavy atom. The summed E-state index contributed by atoms with van der Waals surface area (Å²) in [4.78, 5) is 90.1. The highest BCUT2D eigenvalue weighted by Crippen LogP contribution is 2.55. The molecule has 0 bridgehead atoms. The Labute approximate surface area is 761 Å². The molecule has 0 aromatic carbocycles. The van der Waals surface area contributed by atoms with Crippen molar-refractivity contribution in [2.24, 2.45) is 23.7 Å². The van der Waals surface area contributed by atoms with Crippen molar-refractivity contribution in [3.8, 4) is 39.0 Å². The molecule has 4 aliphatic heterocycles. The first-order valence-electron chi connectivity index (χ1n) is 49.2. The van der Waals surface area contributed by atoms with Crippen LogP contribution in [-0.2, 0) is 19.2 Å². The summed E-state index contributed by atoms with van der Waals surface area (Å²) in [5.41, 5.74) is 5.78. The Morgan fingerprint density at radius 2 is 0.347 bits per heavy atom. The minimum Gasteiger partial charge on any atom is -0.306 e. The average molecular weight is 1770 g/mol. The minimum absolute atomic E-state index is 0.00407. The standard InChI is InChI=1S/C106H152N4O4S7/c1-11-19-27-35-39-47-55-79(51-43-31-23-15-5)73-107-99(91-62-60-78(10)116-91)95-96(104(107)112)100(108(103(95)111)74-80(52-44-32-24-16-6)56-48-40-36-28-20-12-2)92-71-68-89(120-92)86-65-66-87(118-86)90-69-72-94(121-90)102-98-97(105(113)110(102)76-82(54-46-34-26-18-8)58-50-42-38-30-22-14-4)101(93-70-67-88(119-93)85-64-63-84(117-85)83-61-59-77(9)115-83)109(106(98)114)75-81(53-45-33-25-17-7)57-49-41-37-29-21-13-3/h59-72,79-82H,11-58,73-76H2,1-10H3. The van der Waals surface area contributed by atoms with Crippen molar-refractivity contribution in [1.29, 1.82) is 0 Å². The third-order valence-electron chi connectivity index (χ3n) is 26.3. The van der Waals surface area contributed by atoms with E-state index in [1.54, 1.807) is 56.7 Å². The molecule has 121 heavy (non-hydrogen) atoms. The van der Waals surface area contributed by atoms with Crippen LogP contribution in [0.3, 0.4) is 0 Å². The number of carbonyl (C=O) groups is 4. The number of aryl methyl sites for hydroxylation is 2. The van der Waals surface area contributed by atoms with Crippen LogP contribution in [0.15, 0.2) is 107 Å². The molecule has 0 spiro atoms. The second-order valence-corrected chi connectivity index (χ2v) is 44.3. The quantitative estimate of drug-likeness (QED) is 0.0356. The number of amides is 4. The Hall–Kier alpha value is -5.26. The van der Waals surface area contributed by atoms with Crippen molar-refractivity contribution in [3.63, 3.8) is 0 Å². The largest absolute Gasteiger partial charge is 0.306 e. The molecule has 0 aliphatic carbocycles. The summed E-state index contributed by atoms with van der Waals surface area (Å²) >= 11 is 12.4. The molecule has 0 fully saturated rings. The highest BCUT2D eigenvalue weighted by Gasteiger charge is 2.52. The second-order valence-electron chi connectivity index (χ2n) is 36.3. The number of hydrogen-bond acceptors (Lipinski definition) is 11. The second kappa shape index (κ2) is 51.5. The third-order valence-corrected chi connectivity index (χ3v) is 34.5. The summed E-state index contributed by atoms with van der Waals surface area (Å²) in [5.74, 6) is 1.28. The number of carbonyl (C=O) groups excluding carboxylic acids is 4. The number of thiophene rings is 7. The zero-order valence-corrected chi connectivity index (χ0v) is 82.2. The minimum atomic E-state index is -0.00659. The molecule has 0 N–H and O–H groups in total. The number of fused-ring (bicyclic) bond motifs is 2. The Balaban J connectivity index is 0.990. The van der Waals surface area contributed by atoms with E-state index in [0.29, 0.717) is 72.1 Å². The summed E-state index contributed by atoms with van der Waals surface area (Å²) in [5, 5.41) is 0. The zero-order chi connectivity index (χ0) is 85.2. The van der Waals surface area contributed by atoms with Gasteiger partial charge in [0.25, 0.3) is 23.6 Å². The van der Waals surface area contributed by atoms with Crippen LogP contribution >= 0.6 is 79.4 Å². The monoisotopic (exact) mass is 1770 g/mol. The van der Waals surface area contributed by atoms with Crippen LogP contribution in [0.5, 0.6) is 0 Å². The first-order chi connectivity index (χ1) is 59.3. The fraction of sp³-hybridized carbons (Fsp3) is 0.623. The van der Waals surface area contributed by atoms with E-state index in [1.165, 1.54) is 241 Å². The van der Waals surface area contributed by atoms with Crippen molar-refractivity contribution < 1.29 is 19.2 Å². The molecule has 11 rings (SSSR count). The summed E-state index contributed by atoms with van der Waals surface area (Å²) in [6, 6.07) is 31.4. The van der Waals surface area contributed by atoms with Gasteiger partial charge in [0, 0.05) is 75.0 Å². The molecular weight excluding hydrogens is 1620 g/mol. The van der Waals surface area contributed by atoms with Gasteiger partial charge in [-0.05, 0) is 174 Å². The topological polar surface area (TPSA) is 81.2 Å². The third kappa shape index (κ3) is 26.7. The lowest BCUT2D eigenvalue weighted by Gasteiger charge is -2.29. The van der Waals surface area contributed by atoms with Crippen LogP contribution in [-0.4, -0.2) is 69.4 Å². The van der Waals surface area contributed by atoms with Gasteiger partial charge < -0.3 is 19.6 Å². The summed E-state index contributed by atoms with van der Waals surface area (Å²) in [6.07, 6.45) is 57.4. The van der Waals surface area contributed by atoms with Gasteiger partial charge in [-0.25, -0.2) is 0 Å². The molecule has 662 valence electrons. The normalized spacial score (nSPS) is 15.5. The Morgan fingerprint density at radius 1 is 0.198 bits per heavy atom. The van der Waals surface area contributed by atoms with Gasteiger partial charge >= 0.3 is 0 Å². The molecule has 8 nitrogen and oxygen atoms in total. The molecule has 0 saturated heterocycles. The Kier molecular flexibility index (Phi) is 41.0. The van der Waals surface area contributed by atoms with Crippen LogP contribution < -0.4 is 0 Å². The lowest BCUT2D eigenvalue weighted by Crippen LogP contribution is -2.34. The molecule has 4 atom stereocenters. The highest BCUT2D eigenvalue weighted by molar-refractivity contribution is 7.27. The highest BCUT2D eigenvalue weighted by atomic mass is 32.1. The van der Waals surface area contributed by atoms with Crippen LogP contribution in [0.25, 0.3) is 61.8 Å². The van der Waals surface area contributed by atoms with Gasteiger partial charge in [-0.3, -0.25) is 19.2 Å². The predicted molar refractivity (Wildman–Crippen MR) is 531 cm³/mol. The predicted octanol–water partition coefficient (Wildman–Crippen LogP) is 34.4. The van der Waals surface area contributed by atoms with Crippen molar-refractivity contribution in [2.75, 3.05) is 26.2 Å². The molecular formula is C106H152N4O4S7. The van der Waals surface area contributed by atoms with Gasteiger partial charge in [0.05, 0.1) is 64.6 Å². The van der Waals surface area contributed by atoms with E-state index in [0.717, 1.165) is 158 Å². The van der Waals surface area contributed by atoms with E-state index >= 15 is 19.2 Å². The van der Waals surface area contributed by atoms with Crippen molar-refractivity contribution in [2.45, 2.75) is 377 Å². The molecule has 15 heteroatoms. The van der Waals surface area contributed by atoms with Crippen LogP contribution in [0.2, 0.25) is 0 Å². The maximum absolute atomic E-state index is 16.6. The first kappa shape index (κ1) is 96.4. The van der Waals surface area contributed by atoms with Gasteiger partial charge in [-0.1, -0.05) is 312 Å². The molecule has 7 aromatic rings. The van der Waals surface area contributed by atoms with E-state index in [1.807, 2.05) is 22.7 Å². The molecule has 4 unspecified atom stereocenters. The molecule has 7 aromatic heterocycles. The van der Waals surface area contributed by atoms with Gasteiger partial charge in [0.1, 0.15) is 0 Å².